The number of nitrogens with one attached hydrogen (secondary N) is 1. The topological polar surface area (TPSA) is 61.8 Å². The minimum atomic E-state index is -0.306. The Morgan fingerprint density at radius 2 is 2.13 bits per heavy atom. The van der Waals surface area contributed by atoms with Gasteiger partial charge in [0.2, 0.25) is 0 Å². The number of aliphatic hydroxyl groups is 1. The van der Waals surface area contributed by atoms with E-state index in [2.05, 4.69) is 5.32 Å². The molecule has 6 heteroatoms. The van der Waals surface area contributed by atoms with E-state index in [1.807, 2.05) is 0 Å². The molecule has 2 rings (SSSR count). The quantitative estimate of drug-likeness (QED) is 0.809. The summed E-state index contributed by atoms with van der Waals surface area (Å²) in [6.45, 7) is 1.82. The highest BCUT2D eigenvalue weighted by Crippen LogP contribution is 2.15. The molecule has 23 heavy (non-hydrogen) atoms. The van der Waals surface area contributed by atoms with Gasteiger partial charge in [-0.2, -0.15) is 0 Å². The lowest BCUT2D eigenvalue weighted by Gasteiger charge is -2.25. The van der Waals surface area contributed by atoms with Gasteiger partial charge in [0.1, 0.15) is 5.82 Å². The first-order valence-corrected chi connectivity index (χ1v) is 8.18. The van der Waals surface area contributed by atoms with Crippen molar-refractivity contribution in [3.05, 3.63) is 35.6 Å². The van der Waals surface area contributed by atoms with Crippen molar-refractivity contribution >= 4 is 6.03 Å². The van der Waals surface area contributed by atoms with E-state index in [0.717, 1.165) is 31.4 Å². The van der Waals surface area contributed by atoms with E-state index in [0.29, 0.717) is 13.1 Å². The number of carbonyl (C=O) groups is 1. The first-order valence-electron chi connectivity index (χ1n) is 8.18. The van der Waals surface area contributed by atoms with Crippen LogP contribution in [0.3, 0.4) is 0 Å². The van der Waals surface area contributed by atoms with Gasteiger partial charge in [-0.1, -0.05) is 12.1 Å². The summed E-state index contributed by atoms with van der Waals surface area (Å²) in [5.41, 5.74) is 0.825. The summed E-state index contributed by atoms with van der Waals surface area (Å²) in [5, 5.41) is 12.0. The van der Waals surface area contributed by atoms with Crippen molar-refractivity contribution in [3.8, 4) is 0 Å². The Balaban J connectivity index is 1.78. The van der Waals surface area contributed by atoms with Crippen LogP contribution in [0.15, 0.2) is 24.3 Å². The lowest BCUT2D eigenvalue weighted by Crippen LogP contribution is -2.42. The fourth-order valence-electron chi connectivity index (χ4n) is 2.67. The molecule has 2 amide bonds. The Kier molecular flexibility index (Phi) is 7.29. The maximum Gasteiger partial charge on any atom is 0.317 e. The van der Waals surface area contributed by atoms with Gasteiger partial charge in [0.25, 0.3) is 0 Å². The van der Waals surface area contributed by atoms with E-state index >= 15 is 0 Å². The molecule has 1 aromatic rings. The average molecular weight is 324 g/mol. The summed E-state index contributed by atoms with van der Waals surface area (Å²) >= 11 is 0. The molecule has 1 aliphatic rings. The molecular weight excluding hydrogens is 299 g/mol. The van der Waals surface area contributed by atoms with Crippen molar-refractivity contribution in [2.75, 3.05) is 26.3 Å². The Morgan fingerprint density at radius 1 is 1.35 bits per heavy atom. The highest BCUT2D eigenvalue weighted by molar-refractivity contribution is 5.74. The van der Waals surface area contributed by atoms with Crippen LogP contribution in [0.5, 0.6) is 0 Å². The second kappa shape index (κ2) is 9.47. The monoisotopic (exact) mass is 324 g/mol. The summed E-state index contributed by atoms with van der Waals surface area (Å²) < 4.78 is 18.6. The van der Waals surface area contributed by atoms with Gasteiger partial charge in [0, 0.05) is 26.2 Å². The van der Waals surface area contributed by atoms with Crippen LogP contribution >= 0.6 is 0 Å². The number of benzene rings is 1. The van der Waals surface area contributed by atoms with Crippen LogP contribution in [0.25, 0.3) is 0 Å². The second-order valence-corrected chi connectivity index (χ2v) is 5.78. The second-order valence-electron chi connectivity index (χ2n) is 5.78. The highest BCUT2D eigenvalue weighted by atomic mass is 19.1. The zero-order chi connectivity index (χ0) is 16.5. The predicted molar refractivity (Wildman–Crippen MR) is 85.5 cm³/mol. The smallest absolute Gasteiger partial charge is 0.317 e. The van der Waals surface area contributed by atoms with E-state index in [4.69, 9.17) is 9.84 Å². The van der Waals surface area contributed by atoms with E-state index in [1.165, 1.54) is 23.5 Å². The summed E-state index contributed by atoms with van der Waals surface area (Å²) in [5.74, 6) is -0.306. The number of halogens is 1. The number of aliphatic hydroxyl groups excluding tert-OH is 1. The van der Waals surface area contributed by atoms with E-state index < -0.39 is 0 Å². The Morgan fingerprint density at radius 3 is 2.78 bits per heavy atom. The fraction of sp³-hybridized carbons (Fsp3) is 0.588. The molecule has 0 bridgehead atoms. The molecule has 1 fully saturated rings. The van der Waals surface area contributed by atoms with Crippen molar-refractivity contribution in [2.45, 2.75) is 38.3 Å². The molecule has 128 valence electrons. The molecule has 0 aromatic heterocycles. The van der Waals surface area contributed by atoms with Gasteiger partial charge < -0.3 is 20.1 Å². The third-order valence-electron chi connectivity index (χ3n) is 3.96. The third kappa shape index (κ3) is 6.15. The molecule has 0 spiro atoms. The van der Waals surface area contributed by atoms with Crippen LogP contribution in [0, 0.1) is 5.82 Å². The number of hydrogen-bond acceptors (Lipinski definition) is 3. The molecule has 0 radical (unpaired) electrons. The number of ether oxygens (including phenoxy) is 1. The molecule has 5 nitrogen and oxygen atoms in total. The normalized spacial score (nSPS) is 17.7. The van der Waals surface area contributed by atoms with Crippen LogP contribution < -0.4 is 5.32 Å². The lowest BCUT2D eigenvalue weighted by atomic mass is 10.1. The van der Waals surface area contributed by atoms with E-state index in [-0.39, 0.29) is 31.1 Å². The van der Waals surface area contributed by atoms with Crippen molar-refractivity contribution in [1.82, 2.24) is 10.2 Å². The predicted octanol–water partition coefficient (Wildman–Crippen LogP) is 2.29. The van der Waals surface area contributed by atoms with Gasteiger partial charge in [-0.05, 0) is 43.4 Å². The number of urea groups is 1. The molecular formula is C17H25FN2O3. The maximum atomic E-state index is 12.9. The van der Waals surface area contributed by atoms with Gasteiger partial charge >= 0.3 is 6.03 Å². The van der Waals surface area contributed by atoms with Crippen molar-refractivity contribution in [3.63, 3.8) is 0 Å². The number of hydrogen-bond donors (Lipinski definition) is 2. The summed E-state index contributed by atoms with van der Waals surface area (Å²) in [4.78, 5) is 13.8. The van der Waals surface area contributed by atoms with Crippen molar-refractivity contribution in [2.24, 2.45) is 0 Å². The molecule has 0 aliphatic carbocycles. The largest absolute Gasteiger partial charge is 0.395 e. The van der Waals surface area contributed by atoms with Crippen LogP contribution in [-0.2, 0) is 11.3 Å². The first-order chi connectivity index (χ1) is 11.2. The molecule has 1 atom stereocenters. The van der Waals surface area contributed by atoms with Crippen LogP contribution in [-0.4, -0.2) is 48.4 Å². The first kappa shape index (κ1) is 17.7. The Bertz CT molecular complexity index is 475. The molecule has 2 N–H and O–H groups in total. The van der Waals surface area contributed by atoms with Gasteiger partial charge in [0.05, 0.1) is 12.7 Å². The van der Waals surface area contributed by atoms with Gasteiger partial charge in [-0.15, -0.1) is 0 Å². The lowest BCUT2D eigenvalue weighted by molar-refractivity contribution is 0.0118. The zero-order valence-corrected chi connectivity index (χ0v) is 13.3. The number of rotatable bonds is 7. The van der Waals surface area contributed by atoms with Gasteiger partial charge in [-0.25, -0.2) is 9.18 Å². The Hall–Kier alpha value is -1.66. The third-order valence-corrected chi connectivity index (χ3v) is 3.96. The Labute approximate surface area is 136 Å². The summed E-state index contributed by atoms with van der Waals surface area (Å²) in [7, 11) is 0. The average Bonchev–Trinajstić information content (AvgIpc) is 2.57. The number of carbonyl (C=O) groups excluding carboxylic acids is 1. The zero-order valence-electron chi connectivity index (χ0n) is 13.3. The van der Waals surface area contributed by atoms with Crippen molar-refractivity contribution < 1.29 is 19.0 Å². The minimum absolute atomic E-state index is 0.111. The van der Waals surface area contributed by atoms with Crippen LogP contribution in [0.1, 0.15) is 31.2 Å². The molecule has 1 heterocycles. The molecule has 0 saturated carbocycles. The summed E-state index contributed by atoms with van der Waals surface area (Å²) in [6.07, 6.45) is 4.37. The van der Waals surface area contributed by atoms with Crippen molar-refractivity contribution in [1.29, 1.82) is 0 Å². The fourth-order valence-corrected chi connectivity index (χ4v) is 2.67. The van der Waals surface area contributed by atoms with Crippen LogP contribution in [0.2, 0.25) is 0 Å². The van der Waals surface area contributed by atoms with E-state index in [1.54, 1.807) is 12.1 Å². The molecule has 1 saturated heterocycles. The van der Waals surface area contributed by atoms with Crippen LogP contribution in [0.4, 0.5) is 9.18 Å². The molecule has 1 aliphatic heterocycles. The SMILES string of the molecule is O=C(NCCC1CCCCO1)N(CCO)Cc1ccc(F)cc1. The van der Waals surface area contributed by atoms with E-state index in [9.17, 15) is 9.18 Å². The number of amides is 2. The summed E-state index contributed by atoms with van der Waals surface area (Å²) in [6, 6.07) is 5.79. The van der Waals surface area contributed by atoms with Gasteiger partial charge in [0.15, 0.2) is 0 Å². The minimum Gasteiger partial charge on any atom is -0.395 e. The number of nitrogens with zero attached hydrogens (tertiary/aromatic N) is 1. The standard InChI is InChI=1S/C17H25FN2O3/c18-15-6-4-14(5-7-15)13-20(10-11-21)17(22)19-9-8-16-3-1-2-12-23-16/h4-7,16,21H,1-3,8-13H2,(H,19,22). The van der Waals surface area contributed by atoms with Gasteiger partial charge in [-0.3, -0.25) is 0 Å². The highest BCUT2D eigenvalue weighted by Gasteiger charge is 2.16. The molecule has 1 unspecified atom stereocenters. The molecule has 1 aromatic carbocycles. The maximum absolute atomic E-state index is 12.9.